The molecule has 0 unspecified atom stereocenters. The first-order chi connectivity index (χ1) is 15.9. The molecular formula is C26H34FN5O. The Morgan fingerprint density at radius 2 is 1.70 bits per heavy atom. The molecule has 33 heavy (non-hydrogen) atoms. The number of piperidine rings is 1. The van der Waals surface area contributed by atoms with Crippen molar-refractivity contribution in [3.8, 4) is 17.1 Å². The number of nitrogens with zero attached hydrogens (tertiary/aromatic N) is 5. The Labute approximate surface area is 196 Å². The van der Waals surface area contributed by atoms with Crippen LogP contribution >= 0.6 is 0 Å². The summed E-state index contributed by atoms with van der Waals surface area (Å²) in [5.41, 5.74) is 2.02. The van der Waals surface area contributed by atoms with Crippen molar-refractivity contribution >= 4 is 5.95 Å². The molecule has 4 rings (SSSR count). The molecule has 0 saturated carbocycles. The summed E-state index contributed by atoms with van der Waals surface area (Å²) >= 11 is 0. The molecular weight excluding hydrogens is 417 g/mol. The molecule has 7 heteroatoms. The molecule has 6 nitrogen and oxygen atoms in total. The number of hydrogen-bond donors (Lipinski definition) is 0. The van der Waals surface area contributed by atoms with Crippen LogP contribution in [0.1, 0.15) is 32.3 Å². The summed E-state index contributed by atoms with van der Waals surface area (Å²) in [7, 11) is 4.11. The zero-order valence-electron chi connectivity index (χ0n) is 20.0. The topological polar surface area (TPSA) is 46.4 Å². The number of aromatic nitrogens is 3. The Balaban J connectivity index is 1.58. The first-order valence-corrected chi connectivity index (χ1v) is 11.7. The van der Waals surface area contributed by atoms with E-state index in [-0.39, 0.29) is 5.82 Å². The van der Waals surface area contributed by atoms with Crippen LogP contribution < -0.4 is 9.64 Å². The SMILES string of the molecule is CC(C)COc1ccc(-c2nc(N(Cc3ccc(F)cc3)C3CCN(C)CC3)n(C)n2)cc1. The van der Waals surface area contributed by atoms with Crippen LogP contribution in [0.5, 0.6) is 5.75 Å². The summed E-state index contributed by atoms with van der Waals surface area (Å²) < 4.78 is 21.1. The van der Waals surface area contributed by atoms with E-state index in [1.54, 1.807) is 0 Å². The smallest absolute Gasteiger partial charge is 0.224 e. The van der Waals surface area contributed by atoms with Crippen LogP contribution in [0, 0.1) is 11.7 Å². The van der Waals surface area contributed by atoms with E-state index < -0.39 is 0 Å². The average molecular weight is 452 g/mol. The van der Waals surface area contributed by atoms with Crippen molar-refractivity contribution in [3.05, 3.63) is 59.9 Å². The van der Waals surface area contributed by atoms with Gasteiger partial charge in [0.1, 0.15) is 11.6 Å². The van der Waals surface area contributed by atoms with E-state index in [4.69, 9.17) is 14.8 Å². The van der Waals surface area contributed by atoms with E-state index in [9.17, 15) is 4.39 Å². The molecule has 2 heterocycles. The molecule has 1 aromatic heterocycles. The van der Waals surface area contributed by atoms with E-state index in [2.05, 4.69) is 30.7 Å². The van der Waals surface area contributed by atoms with Crippen LogP contribution in [0.15, 0.2) is 48.5 Å². The van der Waals surface area contributed by atoms with E-state index in [1.165, 1.54) is 12.1 Å². The Morgan fingerprint density at radius 3 is 2.33 bits per heavy atom. The van der Waals surface area contributed by atoms with Crippen LogP contribution in [0.4, 0.5) is 10.3 Å². The van der Waals surface area contributed by atoms with Gasteiger partial charge in [-0.2, -0.15) is 4.98 Å². The van der Waals surface area contributed by atoms with E-state index >= 15 is 0 Å². The maximum atomic E-state index is 13.5. The summed E-state index contributed by atoms with van der Waals surface area (Å²) in [5, 5.41) is 4.72. The van der Waals surface area contributed by atoms with Gasteiger partial charge in [-0.15, -0.1) is 5.10 Å². The van der Waals surface area contributed by atoms with Gasteiger partial charge < -0.3 is 14.5 Å². The number of ether oxygens (including phenoxy) is 1. The molecule has 1 aliphatic heterocycles. The number of aryl methyl sites for hydroxylation is 1. The standard InChI is InChI=1S/C26H34FN5O/c1-19(2)18-33-24-11-7-21(8-12-24)25-28-26(31(4)29-25)32(23-13-15-30(3)16-14-23)17-20-5-9-22(27)10-6-20/h5-12,19,23H,13-18H2,1-4H3. The molecule has 0 N–H and O–H groups in total. The van der Waals surface area contributed by atoms with Gasteiger partial charge in [0.15, 0.2) is 5.82 Å². The maximum absolute atomic E-state index is 13.5. The number of likely N-dealkylation sites (tertiary alicyclic amines) is 1. The molecule has 0 aliphatic carbocycles. The zero-order chi connectivity index (χ0) is 23.4. The molecule has 0 atom stereocenters. The lowest BCUT2D eigenvalue weighted by Crippen LogP contribution is -2.44. The largest absolute Gasteiger partial charge is 0.493 e. The lowest BCUT2D eigenvalue weighted by molar-refractivity contribution is 0.247. The predicted molar refractivity (Wildman–Crippen MR) is 130 cm³/mol. The Kier molecular flexibility index (Phi) is 7.28. The van der Waals surface area contributed by atoms with Gasteiger partial charge in [0.2, 0.25) is 5.95 Å². The number of benzene rings is 2. The number of anilines is 1. The molecule has 1 fully saturated rings. The van der Waals surface area contributed by atoms with Gasteiger partial charge in [0.25, 0.3) is 0 Å². The normalized spacial score (nSPS) is 15.2. The Hall–Kier alpha value is -2.93. The summed E-state index contributed by atoms with van der Waals surface area (Å²) in [5.74, 6) is 2.65. The summed E-state index contributed by atoms with van der Waals surface area (Å²) in [6.45, 7) is 7.73. The highest BCUT2D eigenvalue weighted by Gasteiger charge is 2.27. The number of rotatable bonds is 8. The fourth-order valence-corrected chi connectivity index (χ4v) is 4.17. The van der Waals surface area contributed by atoms with Gasteiger partial charge >= 0.3 is 0 Å². The molecule has 2 aromatic carbocycles. The molecule has 1 aliphatic rings. The third kappa shape index (κ3) is 5.90. The quantitative estimate of drug-likeness (QED) is 0.494. The van der Waals surface area contributed by atoms with Gasteiger partial charge in [0.05, 0.1) is 6.61 Å². The van der Waals surface area contributed by atoms with Gasteiger partial charge in [-0.3, -0.25) is 0 Å². The second-order valence-corrected chi connectivity index (χ2v) is 9.38. The van der Waals surface area contributed by atoms with Crippen molar-refractivity contribution in [3.63, 3.8) is 0 Å². The van der Waals surface area contributed by atoms with E-state index in [1.807, 2.05) is 48.1 Å². The summed E-state index contributed by atoms with van der Waals surface area (Å²) in [4.78, 5) is 9.63. The van der Waals surface area contributed by atoms with Crippen LogP contribution in [0.2, 0.25) is 0 Å². The maximum Gasteiger partial charge on any atom is 0.224 e. The van der Waals surface area contributed by atoms with Crippen molar-refractivity contribution < 1.29 is 9.13 Å². The third-order valence-electron chi connectivity index (χ3n) is 6.09. The van der Waals surface area contributed by atoms with E-state index in [0.29, 0.717) is 30.9 Å². The van der Waals surface area contributed by atoms with Crippen molar-refractivity contribution in [2.75, 3.05) is 31.6 Å². The third-order valence-corrected chi connectivity index (χ3v) is 6.09. The van der Waals surface area contributed by atoms with Crippen molar-refractivity contribution in [1.29, 1.82) is 0 Å². The first-order valence-electron chi connectivity index (χ1n) is 11.7. The van der Waals surface area contributed by atoms with Gasteiger partial charge in [0, 0.05) is 25.2 Å². The fourth-order valence-electron chi connectivity index (χ4n) is 4.17. The minimum atomic E-state index is -0.216. The second kappa shape index (κ2) is 10.3. The molecule has 0 radical (unpaired) electrons. The lowest BCUT2D eigenvalue weighted by Gasteiger charge is -2.37. The highest BCUT2D eigenvalue weighted by Crippen LogP contribution is 2.27. The van der Waals surface area contributed by atoms with E-state index in [0.717, 1.165) is 48.8 Å². The van der Waals surface area contributed by atoms with Crippen molar-refractivity contribution in [2.24, 2.45) is 13.0 Å². The minimum Gasteiger partial charge on any atom is -0.493 e. The molecule has 0 amide bonds. The lowest BCUT2D eigenvalue weighted by atomic mass is 10.0. The minimum absolute atomic E-state index is 0.216. The predicted octanol–water partition coefficient (Wildman–Crippen LogP) is 4.76. The van der Waals surface area contributed by atoms with Crippen molar-refractivity contribution in [2.45, 2.75) is 39.3 Å². The van der Waals surface area contributed by atoms with Gasteiger partial charge in [-0.25, -0.2) is 9.07 Å². The van der Waals surface area contributed by atoms with Gasteiger partial charge in [-0.05, 0) is 80.9 Å². The summed E-state index contributed by atoms with van der Waals surface area (Å²) in [6, 6.07) is 15.1. The molecule has 0 bridgehead atoms. The Morgan fingerprint density at radius 1 is 1.03 bits per heavy atom. The molecule has 3 aromatic rings. The Bertz CT molecular complexity index is 1020. The second-order valence-electron chi connectivity index (χ2n) is 9.38. The highest BCUT2D eigenvalue weighted by molar-refractivity contribution is 5.58. The van der Waals surface area contributed by atoms with Crippen LogP contribution in [-0.2, 0) is 13.6 Å². The van der Waals surface area contributed by atoms with Crippen LogP contribution in [0.25, 0.3) is 11.4 Å². The van der Waals surface area contributed by atoms with Gasteiger partial charge in [-0.1, -0.05) is 26.0 Å². The fraction of sp³-hybridized carbons (Fsp3) is 0.462. The number of halogens is 1. The summed E-state index contributed by atoms with van der Waals surface area (Å²) in [6.07, 6.45) is 2.11. The molecule has 0 spiro atoms. The molecule has 176 valence electrons. The van der Waals surface area contributed by atoms with Crippen LogP contribution in [0.3, 0.4) is 0 Å². The monoisotopic (exact) mass is 451 g/mol. The van der Waals surface area contributed by atoms with Crippen molar-refractivity contribution in [1.82, 2.24) is 19.7 Å². The zero-order valence-corrected chi connectivity index (χ0v) is 20.0. The van der Waals surface area contributed by atoms with Crippen LogP contribution in [-0.4, -0.2) is 52.5 Å². The average Bonchev–Trinajstić information content (AvgIpc) is 3.19. The highest BCUT2D eigenvalue weighted by atomic mass is 19.1. The number of hydrogen-bond acceptors (Lipinski definition) is 5. The first kappa shape index (κ1) is 23.2. The molecule has 1 saturated heterocycles.